The highest BCUT2D eigenvalue weighted by Crippen LogP contribution is 2.50. The number of urea groups is 1. The van der Waals surface area contributed by atoms with Gasteiger partial charge in [-0.25, -0.2) is 9.78 Å². The van der Waals surface area contributed by atoms with E-state index in [-0.39, 0.29) is 23.7 Å². The van der Waals surface area contributed by atoms with Crippen molar-refractivity contribution in [3.63, 3.8) is 0 Å². The minimum atomic E-state index is -0.313. The van der Waals surface area contributed by atoms with E-state index in [0.717, 1.165) is 19.3 Å². The van der Waals surface area contributed by atoms with Crippen LogP contribution in [0.1, 0.15) is 53.0 Å². The van der Waals surface area contributed by atoms with E-state index in [0.29, 0.717) is 28.0 Å². The van der Waals surface area contributed by atoms with Gasteiger partial charge in [-0.2, -0.15) is 5.10 Å². The number of nitrogens with zero attached hydrogens (tertiary/aromatic N) is 7. The number of anilines is 1. The number of halogens is 1. The molecule has 0 aliphatic carbocycles. The zero-order chi connectivity index (χ0) is 23.8. The molecule has 33 heavy (non-hydrogen) atoms. The van der Waals surface area contributed by atoms with E-state index < -0.39 is 0 Å². The average molecular weight is 471 g/mol. The van der Waals surface area contributed by atoms with E-state index in [9.17, 15) is 4.79 Å². The van der Waals surface area contributed by atoms with Crippen molar-refractivity contribution in [1.29, 1.82) is 0 Å². The molecule has 1 fully saturated rings. The predicted molar refractivity (Wildman–Crippen MR) is 128 cm³/mol. The van der Waals surface area contributed by atoms with Crippen LogP contribution in [0.25, 0.3) is 11.4 Å². The Labute approximate surface area is 199 Å². The van der Waals surface area contributed by atoms with Gasteiger partial charge in [-0.3, -0.25) is 4.68 Å². The standard InChI is InChI=1S/C23H31ClN8O/c1-6-20(31-13-26-27-14-31)23(10-15(2)3)11-16(4)32(23)22(33)28-17-7-8-19(24)18(9-17)21-25-12-30(5)29-21/h7-9,12-16,20H,6,10-11H2,1-5H3,(H,28,33). The Balaban J connectivity index is 1.63. The van der Waals surface area contributed by atoms with Gasteiger partial charge < -0.3 is 14.8 Å². The first-order chi connectivity index (χ1) is 15.7. The molecule has 0 radical (unpaired) electrons. The number of carbonyl (C=O) groups excluding carboxylic acids is 1. The zero-order valence-corrected chi connectivity index (χ0v) is 20.5. The summed E-state index contributed by atoms with van der Waals surface area (Å²) in [5.74, 6) is 0.944. The van der Waals surface area contributed by atoms with E-state index in [1.165, 1.54) is 0 Å². The van der Waals surface area contributed by atoms with Crippen molar-refractivity contribution in [1.82, 2.24) is 34.4 Å². The lowest BCUT2D eigenvalue weighted by molar-refractivity contribution is -0.0717. The highest BCUT2D eigenvalue weighted by Gasteiger charge is 2.56. The van der Waals surface area contributed by atoms with Gasteiger partial charge in [-0.05, 0) is 50.3 Å². The third-order valence-corrected chi connectivity index (χ3v) is 6.74. The summed E-state index contributed by atoms with van der Waals surface area (Å²) in [6.07, 6.45) is 7.82. The maximum atomic E-state index is 13.6. The van der Waals surface area contributed by atoms with Gasteiger partial charge in [0.25, 0.3) is 0 Å². The first-order valence-corrected chi connectivity index (χ1v) is 11.7. The molecule has 3 aromatic rings. The number of aryl methyl sites for hydroxylation is 1. The summed E-state index contributed by atoms with van der Waals surface area (Å²) >= 11 is 6.39. The van der Waals surface area contributed by atoms with E-state index in [4.69, 9.17) is 11.6 Å². The minimum absolute atomic E-state index is 0.0929. The lowest BCUT2D eigenvalue weighted by Crippen LogP contribution is -2.71. The van der Waals surface area contributed by atoms with Crippen molar-refractivity contribution in [2.45, 2.75) is 64.6 Å². The molecule has 9 nitrogen and oxygen atoms in total. The Morgan fingerprint density at radius 1 is 1.27 bits per heavy atom. The first-order valence-electron chi connectivity index (χ1n) is 11.3. The van der Waals surface area contributed by atoms with E-state index in [1.807, 2.05) is 15.5 Å². The van der Waals surface area contributed by atoms with Crippen LogP contribution >= 0.6 is 11.6 Å². The summed E-state index contributed by atoms with van der Waals surface area (Å²) in [5.41, 5.74) is 1.02. The van der Waals surface area contributed by atoms with E-state index in [1.54, 1.807) is 42.8 Å². The molecule has 0 bridgehead atoms. The van der Waals surface area contributed by atoms with E-state index in [2.05, 4.69) is 53.3 Å². The molecule has 176 valence electrons. The van der Waals surface area contributed by atoms with Crippen LogP contribution in [0.3, 0.4) is 0 Å². The second-order valence-corrected chi connectivity index (χ2v) is 9.73. The molecular formula is C23H31ClN8O. The molecule has 1 N–H and O–H groups in total. The highest BCUT2D eigenvalue weighted by atomic mass is 35.5. The summed E-state index contributed by atoms with van der Waals surface area (Å²) in [6, 6.07) is 5.48. The molecule has 3 heterocycles. The molecule has 2 amide bonds. The molecule has 10 heteroatoms. The van der Waals surface area contributed by atoms with Crippen molar-refractivity contribution in [3.8, 4) is 11.4 Å². The van der Waals surface area contributed by atoms with Crippen LogP contribution < -0.4 is 5.32 Å². The normalized spacial score (nSPS) is 21.2. The van der Waals surface area contributed by atoms with Crippen molar-refractivity contribution in [2.75, 3.05) is 5.32 Å². The quantitative estimate of drug-likeness (QED) is 0.535. The van der Waals surface area contributed by atoms with Gasteiger partial charge in [0.05, 0.1) is 16.6 Å². The van der Waals surface area contributed by atoms with Crippen molar-refractivity contribution < 1.29 is 4.79 Å². The van der Waals surface area contributed by atoms with Crippen molar-refractivity contribution >= 4 is 23.3 Å². The highest BCUT2D eigenvalue weighted by molar-refractivity contribution is 6.33. The fraction of sp³-hybridized carbons (Fsp3) is 0.522. The second kappa shape index (κ2) is 9.13. The van der Waals surface area contributed by atoms with Gasteiger partial charge in [-0.15, -0.1) is 10.2 Å². The molecule has 1 aliphatic heterocycles. The summed E-state index contributed by atoms with van der Waals surface area (Å²) < 4.78 is 3.66. The fourth-order valence-corrected chi connectivity index (χ4v) is 5.61. The topological polar surface area (TPSA) is 93.8 Å². The lowest BCUT2D eigenvalue weighted by atomic mass is 9.68. The summed E-state index contributed by atoms with van der Waals surface area (Å²) in [5, 5.41) is 16.0. The molecule has 1 aliphatic rings. The molecule has 3 atom stereocenters. The van der Waals surface area contributed by atoms with Gasteiger partial charge in [0, 0.05) is 24.3 Å². The Morgan fingerprint density at radius 2 is 2.00 bits per heavy atom. The number of hydrogen-bond acceptors (Lipinski definition) is 5. The molecule has 3 unspecified atom stereocenters. The van der Waals surface area contributed by atoms with Crippen LogP contribution in [-0.2, 0) is 7.05 Å². The smallest absolute Gasteiger partial charge is 0.315 e. The van der Waals surface area contributed by atoms with Gasteiger partial charge >= 0.3 is 6.03 Å². The fourth-order valence-electron chi connectivity index (χ4n) is 5.41. The number of likely N-dealkylation sites (tertiary alicyclic amines) is 1. The van der Waals surface area contributed by atoms with Crippen LogP contribution in [0.5, 0.6) is 0 Å². The van der Waals surface area contributed by atoms with Crippen LogP contribution in [0, 0.1) is 5.92 Å². The molecule has 0 spiro atoms. The van der Waals surface area contributed by atoms with E-state index >= 15 is 0 Å². The monoisotopic (exact) mass is 470 g/mol. The maximum Gasteiger partial charge on any atom is 0.322 e. The van der Waals surface area contributed by atoms with Crippen molar-refractivity contribution in [3.05, 3.63) is 42.2 Å². The number of benzene rings is 1. The summed E-state index contributed by atoms with van der Waals surface area (Å²) in [4.78, 5) is 19.9. The van der Waals surface area contributed by atoms with Gasteiger partial charge in [-0.1, -0.05) is 32.4 Å². The SMILES string of the molecule is CCC(n1cnnc1)C1(CC(C)C)CC(C)N1C(=O)Nc1ccc(Cl)c(-c2ncn(C)n2)c1. The molecule has 1 saturated heterocycles. The first kappa shape index (κ1) is 23.2. The second-order valence-electron chi connectivity index (χ2n) is 9.32. The van der Waals surface area contributed by atoms with Gasteiger partial charge in [0.1, 0.15) is 19.0 Å². The van der Waals surface area contributed by atoms with Crippen LogP contribution in [0.2, 0.25) is 5.02 Å². The molecule has 2 aromatic heterocycles. The zero-order valence-electron chi connectivity index (χ0n) is 19.7. The summed E-state index contributed by atoms with van der Waals surface area (Å²) in [6.45, 7) is 8.65. The largest absolute Gasteiger partial charge is 0.322 e. The minimum Gasteiger partial charge on any atom is -0.315 e. The molecule has 0 saturated carbocycles. The van der Waals surface area contributed by atoms with Crippen LogP contribution in [0.4, 0.5) is 10.5 Å². The third-order valence-electron chi connectivity index (χ3n) is 6.41. The number of hydrogen-bond donors (Lipinski definition) is 1. The predicted octanol–water partition coefficient (Wildman–Crippen LogP) is 4.79. The lowest BCUT2D eigenvalue weighted by Gasteiger charge is -2.61. The molecule has 4 rings (SSSR count). The van der Waals surface area contributed by atoms with Gasteiger partial charge in [0.2, 0.25) is 0 Å². The third kappa shape index (κ3) is 4.34. The Morgan fingerprint density at radius 3 is 2.58 bits per heavy atom. The number of amides is 2. The number of carbonyl (C=O) groups is 1. The van der Waals surface area contributed by atoms with Gasteiger partial charge in [0.15, 0.2) is 5.82 Å². The molecular weight excluding hydrogens is 440 g/mol. The number of rotatable bonds is 7. The Bertz CT molecular complexity index is 1110. The molecule has 1 aromatic carbocycles. The average Bonchev–Trinajstić information content (AvgIpc) is 3.41. The Kier molecular flexibility index (Phi) is 6.43. The number of nitrogens with one attached hydrogen (secondary N) is 1. The Hall–Kier alpha value is -2.94. The summed E-state index contributed by atoms with van der Waals surface area (Å²) in [7, 11) is 1.80. The maximum absolute atomic E-state index is 13.6. The van der Waals surface area contributed by atoms with Crippen LogP contribution in [0.15, 0.2) is 37.2 Å². The van der Waals surface area contributed by atoms with Crippen LogP contribution in [-0.4, -0.2) is 52.0 Å². The number of aromatic nitrogens is 6. The van der Waals surface area contributed by atoms with Crippen molar-refractivity contribution in [2.24, 2.45) is 13.0 Å².